The van der Waals surface area contributed by atoms with Crippen molar-refractivity contribution >= 4 is 5.69 Å². The van der Waals surface area contributed by atoms with Crippen molar-refractivity contribution in [2.45, 2.75) is 26.6 Å². The summed E-state index contributed by atoms with van der Waals surface area (Å²) < 4.78 is 32.7. The first kappa shape index (κ1) is 14.9. The lowest BCUT2D eigenvalue weighted by atomic mass is 10.2. The highest BCUT2D eigenvalue weighted by Gasteiger charge is 2.15. The third-order valence-electron chi connectivity index (χ3n) is 2.52. The second-order valence-electron chi connectivity index (χ2n) is 4.41. The minimum atomic E-state index is -0.675. The highest BCUT2D eigenvalue weighted by molar-refractivity contribution is 5.50. The fraction of sp³-hybridized carbons (Fsp3) is 0.538. The van der Waals surface area contributed by atoms with Gasteiger partial charge in [-0.15, -0.1) is 0 Å². The molecule has 0 aliphatic carbocycles. The molecule has 102 valence electrons. The Balaban J connectivity index is 2.76. The molecule has 5 heteroatoms. The third kappa shape index (κ3) is 3.92. The van der Waals surface area contributed by atoms with Gasteiger partial charge in [0, 0.05) is 13.6 Å². The van der Waals surface area contributed by atoms with Crippen LogP contribution in [0.3, 0.4) is 0 Å². The lowest BCUT2D eigenvalue weighted by Crippen LogP contribution is -2.25. The summed E-state index contributed by atoms with van der Waals surface area (Å²) >= 11 is 0. The highest BCUT2D eigenvalue weighted by atomic mass is 19.1. The van der Waals surface area contributed by atoms with E-state index in [0.29, 0.717) is 13.2 Å². The zero-order valence-electron chi connectivity index (χ0n) is 10.9. The molecule has 0 atom stereocenters. The molecule has 0 aliphatic rings. The summed E-state index contributed by atoms with van der Waals surface area (Å²) in [6.07, 6.45) is 0.0878. The molecule has 1 aromatic carbocycles. The molecular formula is C13H19F2NO2. The largest absolute Gasteiger partial charge is 0.392 e. The van der Waals surface area contributed by atoms with Gasteiger partial charge in [-0.05, 0) is 31.5 Å². The van der Waals surface area contributed by atoms with Gasteiger partial charge in [0.15, 0.2) is 0 Å². The van der Waals surface area contributed by atoms with Crippen LogP contribution in [-0.4, -0.2) is 31.4 Å². The van der Waals surface area contributed by atoms with Gasteiger partial charge >= 0.3 is 0 Å². The Bertz CT molecular complexity index is 374. The molecule has 0 radical (unpaired) electrons. The molecule has 0 unspecified atom stereocenters. The van der Waals surface area contributed by atoms with Gasteiger partial charge in [0.05, 0.1) is 19.3 Å². The van der Waals surface area contributed by atoms with Crippen molar-refractivity contribution in [3.05, 3.63) is 29.3 Å². The molecule has 0 amide bonds. The molecule has 1 rings (SSSR count). The number of rotatable bonds is 6. The number of ether oxygens (including phenoxy) is 1. The normalized spacial score (nSPS) is 11.1. The number of aliphatic hydroxyl groups excluding tert-OH is 1. The fourth-order valence-corrected chi connectivity index (χ4v) is 1.61. The number of hydrogen-bond acceptors (Lipinski definition) is 3. The van der Waals surface area contributed by atoms with Crippen LogP contribution in [0.1, 0.15) is 19.4 Å². The Hall–Kier alpha value is -1.20. The number of aliphatic hydroxyl groups is 1. The Morgan fingerprint density at radius 1 is 1.28 bits per heavy atom. The van der Waals surface area contributed by atoms with E-state index in [2.05, 4.69) is 0 Å². The molecule has 1 aromatic rings. The summed E-state index contributed by atoms with van der Waals surface area (Å²) in [5, 5.41) is 8.85. The van der Waals surface area contributed by atoms with Crippen LogP contribution >= 0.6 is 0 Å². The maximum absolute atomic E-state index is 13.7. The summed E-state index contributed by atoms with van der Waals surface area (Å²) in [4.78, 5) is 1.47. The van der Waals surface area contributed by atoms with Gasteiger partial charge in [0.2, 0.25) is 0 Å². The Labute approximate surface area is 106 Å². The second kappa shape index (κ2) is 6.66. The number of hydrogen-bond donors (Lipinski definition) is 1. The zero-order valence-corrected chi connectivity index (χ0v) is 10.9. The van der Waals surface area contributed by atoms with E-state index in [9.17, 15) is 8.78 Å². The molecule has 0 heterocycles. The van der Waals surface area contributed by atoms with Gasteiger partial charge in [-0.1, -0.05) is 0 Å². The van der Waals surface area contributed by atoms with Gasteiger partial charge in [-0.25, -0.2) is 8.78 Å². The fourth-order valence-electron chi connectivity index (χ4n) is 1.61. The van der Waals surface area contributed by atoms with E-state index in [4.69, 9.17) is 9.84 Å². The van der Waals surface area contributed by atoms with Crippen LogP contribution in [0.25, 0.3) is 0 Å². The van der Waals surface area contributed by atoms with Crippen molar-refractivity contribution in [3.63, 3.8) is 0 Å². The van der Waals surface area contributed by atoms with E-state index in [1.807, 2.05) is 13.8 Å². The molecule has 0 saturated heterocycles. The van der Waals surface area contributed by atoms with Crippen molar-refractivity contribution in [2.24, 2.45) is 0 Å². The van der Waals surface area contributed by atoms with E-state index < -0.39 is 11.6 Å². The molecule has 0 saturated carbocycles. The van der Waals surface area contributed by atoms with Crippen LogP contribution in [0.4, 0.5) is 14.5 Å². The zero-order chi connectivity index (χ0) is 13.7. The smallest absolute Gasteiger partial charge is 0.149 e. The minimum Gasteiger partial charge on any atom is -0.392 e. The standard InChI is InChI=1S/C13H19F2NO2/c1-9(2)18-5-4-16(3)13-11(14)6-10(8-17)7-12(13)15/h6-7,9,17H,4-5,8H2,1-3H3. The number of halogens is 2. The Kier molecular flexibility index (Phi) is 5.50. The number of anilines is 1. The SMILES string of the molecule is CC(C)OCCN(C)c1c(F)cc(CO)cc1F. The molecule has 0 fully saturated rings. The van der Waals surface area contributed by atoms with Crippen molar-refractivity contribution in [2.75, 3.05) is 25.1 Å². The van der Waals surface area contributed by atoms with E-state index in [-0.39, 0.29) is 24.0 Å². The summed E-state index contributed by atoms with van der Waals surface area (Å²) in [5.41, 5.74) is 0.125. The average Bonchev–Trinajstić information content (AvgIpc) is 2.27. The van der Waals surface area contributed by atoms with Crippen LogP contribution in [0.15, 0.2) is 12.1 Å². The third-order valence-corrected chi connectivity index (χ3v) is 2.52. The van der Waals surface area contributed by atoms with Gasteiger partial charge in [-0.3, -0.25) is 0 Å². The van der Waals surface area contributed by atoms with E-state index in [0.717, 1.165) is 12.1 Å². The van der Waals surface area contributed by atoms with Crippen LogP contribution in [-0.2, 0) is 11.3 Å². The summed E-state index contributed by atoms with van der Waals surface area (Å²) in [6.45, 7) is 4.21. The predicted molar refractivity (Wildman–Crippen MR) is 66.6 cm³/mol. The van der Waals surface area contributed by atoms with Gasteiger partial charge in [-0.2, -0.15) is 0 Å². The van der Waals surface area contributed by atoms with E-state index in [1.54, 1.807) is 7.05 Å². The number of likely N-dealkylation sites (N-methyl/N-ethyl adjacent to an activating group) is 1. The molecule has 0 spiro atoms. The van der Waals surface area contributed by atoms with Crippen LogP contribution in [0.5, 0.6) is 0 Å². The van der Waals surface area contributed by atoms with Crippen LogP contribution in [0, 0.1) is 11.6 Å². The molecule has 0 bridgehead atoms. The molecule has 0 aliphatic heterocycles. The summed E-state index contributed by atoms with van der Waals surface area (Å²) in [5.74, 6) is -1.35. The highest BCUT2D eigenvalue weighted by Crippen LogP contribution is 2.24. The maximum Gasteiger partial charge on any atom is 0.149 e. The van der Waals surface area contributed by atoms with Gasteiger partial charge in [0.25, 0.3) is 0 Å². The molecule has 1 N–H and O–H groups in total. The quantitative estimate of drug-likeness (QED) is 0.851. The van der Waals surface area contributed by atoms with Gasteiger partial charge < -0.3 is 14.7 Å². The number of nitrogens with zero attached hydrogens (tertiary/aromatic N) is 1. The van der Waals surface area contributed by atoms with Gasteiger partial charge in [0.1, 0.15) is 17.3 Å². The monoisotopic (exact) mass is 259 g/mol. The number of benzene rings is 1. The van der Waals surface area contributed by atoms with E-state index >= 15 is 0 Å². The lowest BCUT2D eigenvalue weighted by Gasteiger charge is -2.21. The lowest BCUT2D eigenvalue weighted by molar-refractivity contribution is 0.0845. The van der Waals surface area contributed by atoms with Crippen molar-refractivity contribution in [1.82, 2.24) is 0 Å². The summed E-state index contributed by atoms with van der Waals surface area (Å²) in [6, 6.07) is 2.27. The second-order valence-corrected chi connectivity index (χ2v) is 4.41. The maximum atomic E-state index is 13.7. The topological polar surface area (TPSA) is 32.7 Å². The Morgan fingerprint density at radius 3 is 2.28 bits per heavy atom. The molecule has 3 nitrogen and oxygen atoms in total. The van der Waals surface area contributed by atoms with Crippen LogP contribution < -0.4 is 4.90 Å². The van der Waals surface area contributed by atoms with Crippen molar-refractivity contribution in [1.29, 1.82) is 0 Å². The molecule has 18 heavy (non-hydrogen) atoms. The first-order valence-corrected chi connectivity index (χ1v) is 5.87. The van der Waals surface area contributed by atoms with Crippen molar-refractivity contribution < 1.29 is 18.6 Å². The first-order valence-electron chi connectivity index (χ1n) is 5.87. The van der Waals surface area contributed by atoms with Crippen LogP contribution in [0.2, 0.25) is 0 Å². The first-order chi connectivity index (χ1) is 8.45. The Morgan fingerprint density at radius 2 is 1.83 bits per heavy atom. The molecule has 0 aromatic heterocycles. The average molecular weight is 259 g/mol. The van der Waals surface area contributed by atoms with E-state index in [1.165, 1.54) is 4.90 Å². The van der Waals surface area contributed by atoms with Crippen molar-refractivity contribution in [3.8, 4) is 0 Å². The predicted octanol–water partition coefficient (Wildman–Crippen LogP) is 2.32. The minimum absolute atomic E-state index is 0.0878. The molecular weight excluding hydrogens is 240 g/mol. The summed E-state index contributed by atoms with van der Waals surface area (Å²) in [7, 11) is 1.60.